The van der Waals surface area contributed by atoms with Gasteiger partial charge in [0.05, 0.1) is 0 Å². The Morgan fingerprint density at radius 2 is 1.56 bits per heavy atom. The summed E-state index contributed by atoms with van der Waals surface area (Å²) in [7, 11) is 0. The Labute approximate surface area is 114 Å². The van der Waals surface area contributed by atoms with Crippen molar-refractivity contribution in [1.29, 1.82) is 0 Å². The Balaban J connectivity index is 1.80. The smallest absolute Gasteiger partial charge is 0.00177 e. The van der Waals surface area contributed by atoms with Crippen molar-refractivity contribution in [2.45, 2.75) is 71.6 Å². The van der Waals surface area contributed by atoms with E-state index in [1.54, 1.807) is 0 Å². The standard InChI is InChI=1S/C17H33N/c1-14(2)12-18-13-16-10-6-7-11-17(16)15-8-4-3-5-9-15/h14-18H,3-13H2,1-2H3. The highest BCUT2D eigenvalue weighted by Gasteiger charge is 2.31. The summed E-state index contributed by atoms with van der Waals surface area (Å²) in [5, 5.41) is 3.72. The van der Waals surface area contributed by atoms with Gasteiger partial charge in [-0.05, 0) is 49.6 Å². The molecule has 0 aromatic heterocycles. The summed E-state index contributed by atoms with van der Waals surface area (Å²) < 4.78 is 0. The fraction of sp³-hybridized carbons (Fsp3) is 1.00. The summed E-state index contributed by atoms with van der Waals surface area (Å²) in [6.45, 7) is 7.12. The molecule has 2 fully saturated rings. The van der Waals surface area contributed by atoms with Crippen LogP contribution in [0.5, 0.6) is 0 Å². The SMILES string of the molecule is CC(C)CNCC1CCCCC1C1CCCCC1. The molecule has 0 spiro atoms. The van der Waals surface area contributed by atoms with Gasteiger partial charge in [-0.25, -0.2) is 0 Å². The first-order valence-electron chi connectivity index (χ1n) is 8.48. The van der Waals surface area contributed by atoms with Crippen LogP contribution >= 0.6 is 0 Å². The van der Waals surface area contributed by atoms with Crippen molar-refractivity contribution in [3.63, 3.8) is 0 Å². The van der Waals surface area contributed by atoms with Crippen LogP contribution in [0, 0.1) is 23.7 Å². The molecule has 0 aromatic rings. The number of hydrogen-bond donors (Lipinski definition) is 1. The van der Waals surface area contributed by atoms with Gasteiger partial charge in [0.25, 0.3) is 0 Å². The molecule has 0 heterocycles. The van der Waals surface area contributed by atoms with E-state index in [1.165, 1.54) is 70.9 Å². The van der Waals surface area contributed by atoms with Crippen LogP contribution < -0.4 is 5.32 Å². The van der Waals surface area contributed by atoms with Crippen LogP contribution in [-0.2, 0) is 0 Å². The van der Waals surface area contributed by atoms with E-state index in [4.69, 9.17) is 0 Å². The van der Waals surface area contributed by atoms with Gasteiger partial charge < -0.3 is 5.32 Å². The van der Waals surface area contributed by atoms with E-state index in [0.29, 0.717) is 0 Å². The van der Waals surface area contributed by atoms with Crippen LogP contribution in [0.25, 0.3) is 0 Å². The van der Waals surface area contributed by atoms with Gasteiger partial charge in [-0.1, -0.05) is 58.8 Å². The van der Waals surface area contributed by atoms with Gasteiger partial charge in [0.1, 0.15) is 0 Å². The molecule has 106 valence electrons. The van der Waals surface area contributed by atoms with Crippen molar-refractivity contribution in [3.05, 3.63) is 0 Å². The zero-order valence-corrected chi connectivity index (χ0v) is 12.6. The molecule has 1 nitrogen and oxygen atoms in total. The van der Waals surface area contributed by atoms with Gasteiger partial charge in [0, 0.05) is 0 Å². The second-order valence-corrected chi connectivity index (χ2v) is 7.16. The lowest BCUT2D eigenvalue weighted by Gasteiger charge is -2.39. The van der Waals surface area contributed by atoms with Gasteiger partial charge in [-0.2, -0.15) is 0 Å². The maximum atomic E-state index is 3.72. The summed E-state index contributed by atoms with van der Waals surface area (Å²) >= 11 is 0. The molecule has 2 atom stereocenters. The third-order valence-electron chi connectivity index (χ3n) is 5.18. The van der Waals surface area contributed by atoms with E-state index < -0.39 is 0 Å². The Bertz CT molecular complexity index is 218. The third-order valence-corrected chi connectivity index (χ3v) is 5.18. The van der Waals surface area contributed by atoms with E-state index in [2.05, 4.69) is 19.2 Å². The Morgan fingerprint density at radius 1 is 0.889 bits per heavy atom. The van der Waals surface area contributed by atoms with Crippen molar-refractivity contribution < 1.29 is 0 Å². The normalized spacial score (nSPS) is 30.8. The first-order chi connectivity index (χ1) is 8.77. The topological polar surface area (TPSA) is 12.0 Å². The maximum absolute atomic E-state index is 3.72. The number of hydrogen-bond acceptors (Lipinski definition) is 1. The van der Waals surface area contributed by atoms with Crippen LogP contribution in [0.15, 0.2) is 0 Å². The zero-order valence-electron chi connectivity index (χ0n) is 12.6. The minimum Gasteiger partial charge on any atom is -0.316 e. The first-order valence-corrected chi connectivity index (χ1v) is 8.48. The molecule has 0 saturated heterocycles. The summed E-state index contributed by atoms with van der Waals surface area (Å²) in [5.74, 6) is 3.91. The molecule has 0 radical (unpaired) electrons. The highest BCUT2D eigenvalue weighted by Crippen LogP contribution is 2.41. The molecule has 2 saturated carbocycles. The van der Waals surface area contributed by atoms with E-state index in [9.17, 15) is 0 Å². The summed E-state index contributed by atoms with van der Waals surface area (Å²) in [4.78, 5) is 0. The van der Waals surface area contributed by atoms with Crippen LogP contribution in [0.3, 0.4) is 0 Å². The first kappa shape index (κ1) is 14.4. The van der Waals surface area contributed by atoms with E-state index in [0.717, 1.165) is 23.7 Å². The summed E-state index contributed by atoms with van der Waals surface area (Å²) in [6, 6.07) is 0. The molecule has 0 amide bonds. The lowest BCUT2D eigenvalue weighted by molar-refractivity contribution is 0.126. The predicted molar refractivity (Wildman–Crippen MR) is 79.7 cm³/mol. The Hall–Kier alpha value is -0.0400. The van der Waals surface area contributed by atoms with Gasteiger partial charge in [0.15, 0.2) is 0 Å². The predicted octanol–water partition coefficient (Wildman–Crippen LogP) is 4.62. The molecule has 2 aliphatic carbocycles. The molecular formula is C17H33N. The molecule has 2 aliphatic rings. The van der Waals surface area contributed by atoms with Crippen LogP contribution in [0.2, 0.25) is 0 Å². The Morgan fingerprint density at radius 3 is 2.28 bits per heavy atom. The van der Waals surface area contributed by atoms with Crippen molar-refractivity contribution in [2.75, 3.05) is 13.1 Å². The molecule has 18 heavy (non-hydrogen) atoms. The van der Waals surface area contributed by atoms with Gasteiger partial charge >= 0.3 is 0 Å². The fourth-order valence-corrected chi connectivity index (χ4v) is 4.23. The lowest BCUT2D eigenvalue weighted by atomic mass is 9.68. The average Bonchev–Trinajstić information content (AvgIpc) is 2.40. The van der Waals surface area contributed by atoms with Crippen molar-refractivity contribution >= 4 is 0 Å². The minimum atomic E-state index is 0.793. The quantitative estimate of drug-likeness (QED) is 0.752. The van der Waals surface area contributed by atoms with Crippen LogP contribution in [-0.4, -0.2) is 13.1 Å². The molecular weight excluding hydrogens is 218 g/mol. The van der Waals surface area contributed by atoms with E-state index in [1.807, 2.05) is 0 Å². The monoisotopic (exact) mass is 251 g/mol. The number of nitrogens with one attached hydrogen (secondary N) is 1. The third kappa shape index (κ3) is 4.26. The highest BCUT2D eigenvalue weighted by molar-refractivity contribution is 4.84. The minimum absolute atomic E-state index is 0.793. The molecule has 2 unspecified atom stereocenters. The molecule has 1 heteroatoms. The van der Waals surface area contributed by atoms with Gasteiger partial charge in [0.2, 0.25) is 0 Å². The molecule has 2 rings (SSSR count). The van der Waals surface area contributed by atoms with E-state index >= 15 is 0 Å². The largest absolute Gasteiger partial charge is 0.316 e. The second kappa shape index (κ2) is 7.53. The fourth-order valence-electron chi connectivity index (χ4n) is 4.23. The molecule has 0 bridgehead atoms. The second-order valence-electron chi connectivity index (χ2n) is 7.16. The molecule has 0 aliphatic heterocycles. The zero-order chi connectivity index (χ0) is 12.8. The van der Waals surface area contributed by atoms with Gasteiger partial charge in [-0.3, -0.25) is 0 Å². The van der Waals surface area contributed by atoms with Crippen LogP contribution in [0.1, 0.15) is 71.6 Å². The Kier molecular flexibility index (Phi) is 6.01. The maximum Gasteiger partial charge on any atom is -0.00177 e. The molecule has 0 aromatic carbocycles. The van der Waals surface area contributed by atoms with Crippen molar-refractivity contribution in [3.8, 4) is 0 Å². The lowest BCUT2D eigenvalue weighted by Crippen LogP contribution is -2.36. The van der Waals surface area contributed by atoms with Crippen LogP contribution in [0.4, 0.5) is 0 Å². The number of rotatable bonds is 5. The highest BCUT2D eigenvalue weighted by atomic mass is 14.9. The van der Waals surface area contributed by atoms with E-state index in [-0.39, 0.29) is 0 Å². The van der Waals surface area contributed by atoms with Gasteiger partial charge in [-0.15, -0.1) is 0 Å². The van der Waals surface area contributed by atoms with Crippen molar-refractivity contribution in [1.82, 2.24) is 5.32 Å². The summed E-state index contributed by atoms with van der Waals surface area (Å²) in [6.07, 6.45) is 13.6. The molecule has 1 N–H and O–H groups in total. The average molecular weight is 251 g/mol. The van der Waals surface area contributed by atoms with Crippen molar-refractivity contribution in [2.24, 2.45) is 23.7 Å². The summed E-state index contributed by atoms with van der Waals surface area (Å²) in [5.41, 5.74) is 0.